The lowest BCUT2D eigenvalue weighted by Crippen LogP contribution is -2.31. The summed E-state index contributed by atoms with van der Waals surface area (Å²) in [5, 5.41) is 11.9. The Bertz CT molecular complexity index is 516. The summed E-state index contributed by atoms with van der Waals surface area (Å²) in [7, 11) is 2.07. The van der Waals surface area contributed by atoms with Gasteiger partial charge in [-0.05, 0) is 49.1 Å². The monoisotopic (exact) mass is 274 g/mol. The van der Waals surface area contributed by atoms with E-state index in [1.54, 1.807) is 6.20 Å². The second-order valence-corrected chi connectivity index (χ2v) is 6.17. The van der Waals surface area contributed by atoms with Crippen LogP contribution in [0, 0.1) is 17.8 Å². The molecule has 108 valence electrons. The molecule has 3 N–H and O–H groups in total. The van der Waals surface area contributed by atoms with Gasteiger partial charge < -0.3 is 15.8 Å². The second-order valence-electron chi connectivity index (χ2n) is 6.17. The third kappa shape index (κ3) is 2.32. The van der Waals surface area contributed by atoms with Gasteiger partial charge in [0.1, 0.15) is 5.69 Å². The summed E-state index contributed by atoms with van der Waals surface area (Å²) in [5.41, 5.74) is 7.20. The second kappa shape index (κ2) is 5.31. The van der Waals surface area contributed by atoms with E-state index in [4.69, 9.17) is 10.9 Å². The number of aromatic nitrogens is 1. The Morgan fingerprint density at radius 3 is 3.00 bits per heavy atom. The summed E-state index contributed by atoms with van der Waals surface area (Å²) in [6, 6.07) is 3.87. The van der Waals surface area contributed by atoms with Crippen LogP contribution in [0.2, 0.25) is 0 Å². The SMILES string of the molecule is CN(CC1CC2CCC1C2)c1cccnc1/C(N)=N/O. The highest BCUT2D eigenvalue weighted by molar-refractivity contribution is 6.00. The van der Waals surface area contributed by atoms with Crippen LogP contribution >= 0.6 is 0 Å². The van der Waals surface area contributed by atoms with Crippen molar-refractivity contribution in [1.82, 2.24) is 4.98 Å². The predicted molar refractivity (Wildman–Crippen MR) is 79.0 cm³/mol. The molecule has 1 aromatic heterocycles. The van der Waals surface area contributed by atoms with Gasteiger partial charge >= 0.3 is 0 Å². The number of anilines is 1. The first-order valence-corrected chi connectivity index (χ1v) is 7.33. The highest BCUT2D eigenvalue weighted by atomic mass is 16.4. The fourth-order valence-corrected chi connectivity index (χ4v) is 4.00. The van der Waals surface area contributed by atoms with Crippen molar-refractivity contribution in [2.45, 2.75) is 25.7 Å². The van der Waals surface area contributed by atoms with Gasteiger partial charge in [0.25, 0.3) is 0 Å². The fourth-order valence-electron chi connectivity index (χ4n) is 4.00. The molecule has 5 heteroatoms. The summed E-state index contributed by atoms with van der Waals surface area (Å²) in [4.78, 5) is 6.44. The van der Waals surface area contributed by atoms with Gasteiger partial charge in [-0.2, -0.15) is 0 Å². The molecule has 1 aromatic rings. The van der Waals surface area contributed by atoms with E-state index < -0.39 is 0 Å². The molecule has 2 aliphatic carbocycles. The third-order valence-electron chi connectivity index (χ3n) is 4.94. The molecule has 2 saturated carbocycles. The molecule has 1 heterocycles. The number of fused-ring (bicyclic) bond motifs is 2. The molecule has 3 atom stereocenters. The van der Waals surface area contributed by atoms with E-state index in [9.17, 15) is 0 Å². The predicted octanol–water partition coefficient (Wildman–Crippen LogP) is 2.05. The molecule has 0 aliphatic heterocycles. The van der Waals surface area contributed by atoms with Crippen molar-refractivity contribution < 1.29 is 5.21 Å². The van der Waals surface area contributed by atoms with Crippen molar-refractivity contribution in [2.75, 3.05) is 18.5 Å². The number of rotatable bonds is 4. The van der Waals surface area contributed by atoms with Gasteiger partial charge in [0, 0.05) is 19.8 Å². The van der Waals surface area contributed by atoms with Crippen LogP contribution in [-0.2, 0) is 0 Å². The first-order valence-electron chi connectivity index (χ1n) is 7.33. The van der Waals surface area contributed by atoms with Gasteiger partial charge in [0.15, 0.2) is 5.84 Å². The van der Waals surface area contributed by atoms with E-state index in [2.05, 4.69) is 22.1 Å². The molecule has 2 fully saturated rings. The molecular weight excluding hydrogens is 252 g/mol. The van der Waals surface area contributed by atoms with E-state index in [1.165, 1.54) is 25.7 Å². The molecule has 5 nitrogen and oxygen atoms in total. The van der Waals surface area contributed by atoms with Gasteiger partial charge in [0.2, 0.25) is 0 Å². The van der Waals surface area contributed by atoms with Crippen LogP contribution < -0.4 is 10.6 Å². The summed E-state index contributed by atoms with van der Waals surface area (Å²) >= 11 is 0. The van der Waals surface area contributed by atoms with Crippen LogP contribution in [0.15, 0.2) is 23.5 Å². The Balaban J connectivity index is 1.75. The zero-order valence-electron chi connectivity index (χ0n) is 11.9. The fraction of sp³-hybridized carbons (Fsp3) is 0.600. The third-order valence-corrected chi connectivity index (χ3v) is 4.94. The van der Waals surface area contributed by atoms with Crippen molar-refractivity contribution >= 4 is 11.5 Å². The molecule has 2 aliphatic rings. The van der Waals surface area contributed by atoms with Gasteiger partial charge in [-0.3, -0.25) is 4.98 Å². The minimum Gasteiger partial charge on any atom is -0.409 e. The normalized spacial score (nSPS) is 28.9. The zero-order valence-corrected chi connectivity index (χ0v) is 11.9. The van der Waals surface area contributed by atoms with Crippen LogP contribution in [-0.4, -0.2) is 29.6 Å². The Labute approximate surface area is 119 Å². The number of hydrogen-bond donors (Lipinski definition) is 2. The molecule has 0 radical (unpaired) electrons. The number of pyridine rings is 1. The molecule has 3 rings (SSSR count). The average Bonchev–Trinajstić information content (AvgIpc) is 3.09. The van der Waals surface area contributed by atoms with Crippen molar-refractivity contribution in [3.63, 3.8) is 0 Å². The van der Waals surface area contributed by atoms with Crippen molar-refractivity contribution in [3.05, 3.63) is 24.0 Å². The van der Waals surface area contributed by atoms with E-state index in [1.807, 2.05) is 12.1 Å². The van der Waals surface area contributed by atoms with Crippen LogP contribution in [0.4, 0.5) is 5.69 Å². The van der Waals surface area contributed by atoms with Crippen LogP contribution in [0.5, 0.6) is 0 Å². The molecule has 20 heavy (non-hydrogen) atoms. The quantitative estimate of drug-likeness (QED) is 0.381. The highest BCUT2D eigenvalue weighted by Crippen LogP contribution is 2.48. The van der Waals surface area contributed by atoms with Crippen molar-refractivity contribution in [2.24, 2.45) is 28.6 Å². The van der Waals surface area contributed by atoms with E-state index in [0.717, 1.165) is 30.0 Å². The maximum atomic E-state index is 8.87. The minimum atomic E-state index is 0.0698. The van der Waals surface area contributed by atoms with Gasteiger partial charge in [-0.15, -0.1) is 0 Å². The average molecular weight is 274 g/mol. The number of oxime groups is 1. The Morgan fingerprint density at radius 1 is 1.50 bits per heavy atom. The lowest BCUT2D eigenvalue weighted by atomic mass is 9.88. The van der Waals surface area contributed by atoms with E-state index in [-0.39, 0.29) is 5.84 Å². The summed E-state index contributed by atoms with van der Waals surface area (Å²) in [6.45, 7) is 1.03. The Morgan fingerprint density at radius 2 is 2.35 bits per heavy atom. The maximum absolute atomic E-state index is 8.87. The van der Waals surface area contributed by atoms with Gasteiger partial charge in [-0.25, -0.2) is 0 Å². The van der Waals surface area contributed by atoms with Crippen molar-refractivity contribution in [1.29, 1.82) is 0 Å². The number of nitrogens with zero attached hydrogens (tertiary/aromatic N) is 3. The summed E-state index contributed by atoms with van der Waals surface area (Å²) in [6.07, 6.45) is 7.26. The molecule has 3 unspecified atom stereocenters. The lowest BCUT2D eigenvalue weighted by Gasteiger charge is -2.29. The molecular formula is C15H22N4O. The number of amidine groups is 1. The van der Waals surface area contributed by atoms with E-state index >= 15 is 0 Å². The summed E-state index contributed by atoms with van der Waals surface area (Å²) in [5.74, 6) is 2.70. The van der Waals surface area contributed by atoms with Gasteiger partial charge in [-0.1, -0.05) is 11.6 Å². The van der Waals surface area contributed by atoms with E-state index in [0.29, 0.717) is 5.69 Å². The van der Waals surface area contributed by atoms with Crippen LogP contribution in [0.3, 0.4) is 0 Å². The first kappa shape index (κ1) is 13.2. The first-order chi connectivity index (χ1) is 9.69. The minimum absolute atomic E-state index is 0.0698. The zero-order chi connectivity index (χ0) is 14.1. The smallest absolute Gasteiger partial charge is 0.190 e. The molecule has 0 amide bonds. The highest BCUT2D eigenvalue weighted by Gasteiger charge is 2.39. The standard InChI is InChI=1S/C15H22N4O/c1-19(9-12-8-10-4-5-11(12)7-10)13-3-2-6-17-14(13)15(16)18-20/h2-3,6,10-12,20H,4-5,7-9H2,1H3,(H2,16,18). The van der Waals surface area contributed by atoms with Crippen LogP contribution in [0.25, 0.3) is 0 Å². The van der Waals surface area contributed by atoms with Gasteiger partial charge in [0.05, 0.1) is 5.69 Å². The molecule has 0 saturated heterocycles. The summed E-state index contributed by atoms with van der Waals surface area (Å²) < 4.78 is 0. The Kier molecular flexibility index (Phi) is 3.51. The maximum Gasteiger partial charge on any atom is 0.190 e. The van der Waals surface area contributed by atoms with Crippen molar-refractivity contribution in [3.8, 4) is 0 Å². The number of hydrogen-bond acceptors (Lipinski definition) is 4. The molecule has 0 aromatic carbocycles. The van der Waals surface area contributed by atoms with Crippen LogP contribution in [0.1, 0.15) is 31.4 Å². The molecule has 2 bridgehead atoms. The number of nitrogens with two attached hydrogens (primary N) is 1. The lowest BCUT2D eigenvalue weighted by molar-refractivity contribution is 0.318. The Hall–Kier alpha value is -1.78. The topological polar surface area (TPSA) is 74.7 Å². The molecule has 0 spiro atoms. The largest absolute Gasteiger partial charge is 0.409 e.